The molecule has 0 radical (unpaired) electrons. The molecule has 45 heavy (non-hydrogen) atoms. The fourth-order valence-corrected chi connectivity index (χ4v) is 9.39. The first kappa shape index (κ1) is 31.4. The standard InChI is InChI=1S/C40H53N3OS/c1-7-41-19-32-11-9-30(40(27(4)5)36(32)21-41)15-17-42-16-14-29-8-10-31(18-33(29)20-42)28(6)45-39-13-12-35(26(2)3)37-22-43(23-38(37)39)34-24-44-25-34/h8-13,18,26-28,34H,7,14-17,19-25H2,1-6H3. The van der Waals surface area contributed by atoms with Gasteiger partial charge >= 0.3 is 0 Å². The summed E-state index contributed by atoms with van der Waals surface area (Å²) in [5, 5.41) is 0.420. The Bertz CT molecular complexity index is 1540. The van der Waals surface area contributed by atoms with Crippen LogP contribution in [0, 0.1) is 0 Å². The number of hydrogen-bond acceptors (Lipinski definition) is 5. The van der Waals surface area contributed by atoms with Gasteiger partial charge in [0.25, 0.3) is 0 Å². The lowest BCUT2D eigenvalue weighted by atomic mass is 9.88. The minimum atomic E-state index is 0.420. The lowest BCUT2D eigenvalue weighted by Crippen LogP contribution is -2.46. The molecule has 0 saturated carbocycles. The van der Waals surface area contributed by atoms with Crippen LogP contribution < -0.4 is 0 Å². The van der Waals surface area contributed by atoms with E-state index in [0.717, 1.165) is 71.9 Å². The van der Waals surface area contributed by atoms with E-state index in [1.807, 2.05) is 0 Å². The zero-order chi connectivity index (χ0) is 31.2. The van der Waals surface area contributed by atoms with Gasteiger partial charge in [0.05, 0.1) is 19.3 Å². The van der Waals surface area contributed by atoms with E-state index in [4.69, 9.17) is 4.74 Å². The largest absolute Gasteiger partial charge is 0.378 e. The average molecular weight is 624 g/mol. The van der Waals surface area contributed by atoms with Crippen molar-refractivity contribution in [3.63, 3.8) is 0 Å². The van der Waals surface area contributed by atoms with Crippen molar-refractivity contribution in [3.8, 4) is 0 Å². The predicted molar refractivity (Wildman–Crippen MR) is 188 cm³/mol. The number of hydrogen-bond donors (Lipinski definition) is 0. The molecule has 1 saturated heterocycles. The van der Waals surface area contributed by atoms with Crippen LogP contribution in [0.2, 0.25) is 0 Å². The summed E-state index contributed by atoms with van der Waals surface area (Å²) in [5.74, 6) is 1.14. The minimum Gasteiger partial charge on any atom is -0.378 e. The highest BCUT2D eigenvalue weighted by atomic mass is 32.2. The van der Waals surface area contributed by atoms with Crippen molar-refractivity contribution in [2.24, 2.45) is 0 Å². The topological polar surface area (TPSA) is 19.0 Å². The van der Waals surface area contributed by atoms with E-state index in [1.165, 1.54) is 22.6 Å². The number of benzene rings is 3. The van der Waals surface area contributed by atoms with E-state index in [9.17, 15) is 0 Å². The maximum absolute atomic E-state index is 5.55. The van der Waals surface area contributed by atoms with Crippen molar-refractivity contribution in [2.75, 3.05) is 32.8 Å². The SMILES string of the molecule is CCN1Cc2ccc(CCN3CCc4ccc(C(C)Sc5ccc(C(C)C)c6c5CN(C5COC5)C6)cc4C3)c(C(C)C)c2C1. The quantitative estimate of drug-likeness (QED) is 0.211. The number of nitrogens with zero attached hydrogens (tertiary/aromatic N) is 3. The third-order valence-electron chi connectivity index (χ3n) is 11.0. The van der Waals surface area contributed by atoms with Crippen molar-refractivity contribution in [1.29, 1.82) is 0 Å². The monoisotopic (exact) mass is 623 g/mol. The number of fused-ring (bicyclic) bond motifs is 3. The van der Waals surface area contributed by atoms with Crippen molar-refractivity contribution in [2.45, 2.75) is 115 Å². The number of rotatable bonds is 10. The molecule has 0 spiro atoms. The summed E-state index contributed by atoms with van der Waals surface area (Å²) in [6.45, 7) is 24.8. The second kappa shape index (κ2) is 13.2. The number of thioether (sulfide) groups is 1. The van der Waals surface area contributed by atoms with E-state index in [2.05, 4.69) is 110 Å². The van der Waals surface area contributed by atoms with Crippen LogP contribution in [0.1, 0.15) is 114 Å². The summed E-state index contributed by atoms with van der Waals surface area (Å²) in [6, 6.07) is 17.7. The van der Waals surface area contributed by atoms with E-state index in [0.29, 0.717) is 23.1 Å². The third-order valence-corrected chi connectivity index (χ3v) is 12.3. The van der Waals surface area contributed by atoms with Crippen LogP contribution in [0.25, 0.3) is 0 Å². The molecular formula is C40H53N3OS. The first-order chi connectivity index (χ1) is 21.8. The molecule has 4 aliphatic heterocycles. The Balaban J connectivity index is 1.04. The second-order valence-corrected chi connectivity index (χ2v) is 16.0. The van der Waals surface area contributed by atoms with Gasteiger partial charge in [0.15, 0.2) is 0 Å². The highest BCUT2D eigenvalue weighted by Gasteiger charge is 2.34. The van der Waals surface area contributed by atoms with Gasteiger partial charge in [0, 0.05) is 56.0 Å². The Morgan fingerprint density at radius 1 is 0.778 bits per heavy atom. The van der Waals surface area contributed by atoms with Gasteiger partial charge in [-0.3, -0.25) is 14.7 Å². The summed E-state index contributed by atoms with van der Waals surface area (Å²) in [6.07, 6.45) is 2.31. The van der Waals surface area contributed by atoms with Crippen LogP contribution in [0.4, 0.5) is 0 Å². The summed E-state index contributed by atoms with van der Waals surface area (Å²) >= 11 is 2.06. The lowest BCUT2D eigenvalue weighted by molar-refractivity contribution is -0.0671. The zero-order valence-electron chi connectivity index (χ0n) is 28.5. The first-order valence-corrected chi connectivity index (χ1v) is 18.5. The molecule has 1 unspecified atom stereocenters. The first-order valence-electron chi connectivity index (χ1n) is 17.6. The molecule has 0 bridgehead atoms. The van der Waals surface area contributed by atoms with Gasteiger partial charge in [0.1, 0.15) is 0 Å². The summed E-state index contributed by atoms with van der Waals surface area (Å²) < 4.78 is 5.55. The van der Waals surface area contributed by atoms with Crippen LogP contribution in [-0.4, -0.2) is 53.6 Å². The molecule has 1 atom stereocenters. The Morgan fingerprint density at radius 3 is 2.29 bits per heavy atom. The van der Waals surface area contributed by atoms with E-state index < -0.39 is 0 Å². The zero-order valence-corrected chi connectivity index (χ0v) is 29.3. The van der Waals surface area contributed by atoms with Gasteiger partial charge in [-0.15, -0.1) is 11.8 Å². The molecule has 1 fully saturated rings. The van der Waals surface area contributed by atoms with Gasteiger partial charge in [-0.25, -0.2) is 0 Å². The van der Waals surface area contributed by atoms with Crippen molar-refractivity contribution < 1.29 is 4.74 Å². The number of ether oxygens (including phenoxy) is 1. The summed E-state index contributed by atoms with van der Waals surface area (Å²) in [4.78, 5) is 9.40. The van der Waals surface area contributed by atoms with E-state index >= 15 is 0 Å². The molecule has 4 aliphatic rings. The lowest BCUT2D eigenvalue weighted by Gasteiger charge is -2.34. The van der Waals surface area contributed by atoms with E-state index in [1.54, 1.807) is 44.5 Å². The third kappa shape index (κ3) is 6.28. The molecule has 3 aromatic rings. The van der Waals surface area contributed by atoms with Crippen molar-refractivity contribution in [3.05, 3.63) is 98.1 Å². The van der Waals surface area contributed by atoms with Gasteiger partial charge in [-0.2, -0.15) is 0 Å². The van der Waals surface area contributed by atoms with Gasteiger partial charge in [-0.1, -0.05) is 71.0 Å². The molecular weight excluding hydrogens is 571 g/mol. The smallest absolute Gasteiger partial charge is 0.0645 e. The van der Waals surface area contributed by atoms with Gasteiger partial charge < -0.3 is 4.74 Å². The maximum atomic E-state index is 5.55. The van der Waals surface area contributed by atoms with Crippen molar-refractivity contribution >= 4 is 11.8 Å². The Kier molecular flexibility index (Phi) is 9.20. The second-order valence-electron chi connectivity index (χ2n) is 14.7. The van der Waals surface area contributed by atoms with Crippen LogP contribution in [0.3, 0.4) is 0 Å². The predicted octanol–water partition coefficient (Wildman–Crippen LogP) is 8.44. The Morgan fingerprint density at radius 2 is 1.56 bits per heavy atom. The van der Waals surface area contributed by atoms with Gasteiger partial charge in [-0.05, 0) is 99.8 Å². The molecule has 5 heteroatoms. The normalized spacial score (nSPS) is 19.6. The van der Waals surface area contributed by atoms with Crippen LogP contribution in [-0.2, 0) is 50.3 Å². The van der Waals surface area contributed by atoms with Crippen LogP contribution in [0.5, 0.6) is 0 Å². The Hall–Kier alpha value is -2.15. The fourth-order valence-electron chi connectivity index (χ4n) is 8.25. The molecule has 0 amide bonds. The molecule has 7 rings (SSSR count). The summed E-state index contributed by atoms with van der Waals surface area (Å²) in [5.41, 5.74) is 15.6. The van der Waals surface area contributed by atoms with Crippen LogP contribution in [0.15, 0.2) is 47.4 Å². The molecule has 4 heterocycles. The average Bonchev–Trinajstić information content (AvgIpc) is 3.63. The molecule has 4 nitrogen and oxygen atoms in total. The minimum absolute atomic E-state index is 0.420. The molecule has 3 aromatic carbocycles. The maximum Gasteiger partial charge on any atom is 0.0645 e. The highest BCUT2D eigenvalue weighted by Crippen LogP contribution is 2.43. The molecule has 0 aliphatic carbocycles. The Labute approximate surface area is 276 Å². The summed E-state index contributed by atoms with van der Waals surface area (Å²) in [7, 11) is 0. The van der Waals surface area contributed by atoms with Gasteiger partial charge in [0.2, 0.25) is 0 Å². The van der Waals surface area contributed by atoms with Crippen molar-refractivity contribution in [1.82, 2.24) is 14.7 Å². The van der Waals surface area contributed by atoms with Crippen LogP contribution >= 0.6 is 11.8 Å². The molecule has 0 N–H and O–H groups in total. The molecule has 0 aromatic heterocycles. The fraction of sp³-hybridized carbons (Fsp3) is 0.550. The highest BCUT2D eigenvalue weighted by molar-refractivity contribution is 7.99. The molecule has 240 valence electrons. The van der Waals surface area contributed by atoms with E-state index in [-0.39, 0.29) is 0 Å².